The van der Waals surface area contributed by atoms with Gasteiger partial charge in [0.1, 0.15) is 6.04 Å². The van der Waals surface area contributed by atoms with Crippen LogP contribution in [0.1, 0.15) is 19.5 Å². The highest BCUT2D eigenvalue weighted by Gasteiger charge is 2.20. The SMILES string of the molecule is Cc1cc(N[C@@H](C(=O)O)C(C)C)ccn1. The molecule has 0 aliphatic heterocycles. The number of aromatic nitrogens is 1. The number of aliphatic carboxylic acids is 1. The Morgan fingerprint density at radius 1 is 1.53 bits per heavy atom. The van der Waals surface area contributed by atoms with Crippen molar-refractivity contribution in [3.8, 4) is 0 Å². The molecule has 0 saturated carbocycles. The summed E-state index contributed by atoms with van der Waals surface area (Å²) in [5, 5.41) is 12.0. The lowest BCUT2D eigenvalue weighted by Gasteiger charge is -2.19. The molecule has 0 saturated heterocycles. The zero-order valence-corrected chi connectivity index (χ0v) is 9.19. The van der Waals surface area contributed by atoms with Crippen LogP contribution in [0.2, 0.25) is 0 Å². The zero-order valence-electron chi connectivity index (χ0n) is 9.19. The van der Waals surface area contributed by atoms with Gasteiger partial charge in [-0.3, -0.25) is 4.98 Å². The normalized spacial score (nSPS) is 12.5. The molecule has 0 spiro atoms. The van der Waals surface area contributed by atoms with E-state index in [1.54, 1.807) is 12.3 Å². The fourth-order valence-corrected chi connectivity index (χ4v) is 1.33. The number of carbonyl (C=O) groups is 1. The highest BCUT2D eigenvalue weighted by Crippen LogP contribution is 2.13. The van der Waals surface area contributed by atoms with Gasteiger partial charge in [-0.1, -0.05) is 13.8 Å². The van der Waals surface area contributed by atoms with Gasteiger partial charge in [0, 0.05) is 17.6 Å². The van der Waals surface area contributed by atoms with Crippen molar-refractivity contribution in [3.63, 3.8) is 0 Å². The van der Waals surface area contributed by atoms with Crippen LogP contribution < -0.4 is 5.32 Å². The van der Waals surface area contributed by atoms with Crippen molar-refractivity contribution in [2.75, 3.05) is 5.32 Å². The number of hydrogen-bond acceptors (Lipinski definition) is 3. The molecular formula is C11H16N2O2. The molecule has 1 aromatic rings. The average Bonchev–Trinajstić information content (AvgIpc) is 2.13. The van der Waals surface area contributed by atoms with E-state index in [1.807, 2.05) is 26.8 Å². The lowest BCUT2D eigenvalue weighted by atomic mass is 10.0. The Labute approximate surface area is 89.3 Å². The van der Waals surface area contributed by atoms with E-state index in [2.05, 4.69) is 10.3 Å². The third kappa shape index (κ3) is 3.23. The van der Waals surface area contributed by atoms with E-state index in [9.17, 15) is 4.79 Å². The van der Waals surface area contributed by atoms with Crippen LogP contribution in [0.15, 0.2) is 18.3 Å². The molecule has 0 aliphatic carbocycles. The third-order valence-electron chi connectivity index (χ3n) is 2.15. The van der Waals surface area contributed by atoms with Gasteiger partial charge < -0.3 is 10.4 Å². The number of rotatable bonds is 4. The summed E-state index contributed by atoms with van der Waals surface area (Å²) in [5.41, 5.74) is 1.66. The van der Waals surface area contributed by atoms with E-state index >= 15 is 0 Å². The van der Waals surface area contributed by atoms with Gasteiger partial charge in [-0.15, -0.1) is 0 Å². The minimum absolute atomic E-state index is 0.0379. The molecular weight excluding hydrogens is 192 g/mol. The van der Waals surface area contributed by atoms with Crippen LogP contribution in [0.5, 0.6) is 0 Å². The largest absolute Gasteiger partial charge is 0.480 e. The summed E-state index contributed by atoms with van der Waals surface area (Å²) in [6, 6.07) is 3.04. The topological polar surface area (TPSA) is 62.2 Å². The smallest absolute Gasteiger partial charge is 0.326 e. The van der Waals surface area contributed by atoms with Crippen LogP contribution in [-0.2, 0) is 4.79 Å². The molecule has 4 nitrogen and oxygen atoms in total. The summed E-state index contributed by atoms with van der Waals surface area (Å²) in [4.78, 5) is 15.0. The maximum atomic E-state index is 11.0. The van der Waals surface area contributed by atoms with E-state index in [-0.39, 0.29) is 5.92 Å². The molecule has 0 amide bonds. The second-order valence-electron chi connectivity index (χ2n) is 3.89. The molecule has 1 aromatic heterocycles. The first-order chi connectivity index (χ1) is 7.00. The number of anilines is 1. The van der Waals surface area contributed by atoms with E-state index < -0.39 is 12.0 Å². The van der Waals surface area contributed by atoms with Crippen molar-refractivity contribution in [1.82, 2.24) is 4.98 Å². The third-order valence-corrected chi connectivity index (χ3v) is 2.15. The summed E-state index contributed by atoms with van der Waals surface area (Å²) in [5.74, 6) is -0.796. The highest BCUT2D eigenvalue weighted by molar-refractivity contribution is 5.77. The Bertz CT molecular complexity index is 350. The Morgan fingerprint density at radius 3 is 2.67 bits per heavy atom. The average molecular weight is 208 g/mol. The van der Waals surface area contributed by atoms with Crippen molar-refractivity contribution in [3.05, 3.63) is 24.0 Å². The molecule has 82 valence electrons. The maximum Gasteiger partial charge on any atom is 0.326 e. The summed E-state index contributed by atoms with van der Waals surface area (Å²) < 4.78 is 0. The highest BCUT2D eigenvalue weighted by atomic mass is 16.4. The summed E-state index contributed by atoms with van der Waals surface area (Å²) in [6.07, 6.45) is 1.66. The lowest BCUT2D eigenvalue weighted by Crippen LogP contribution is -2.34. The quantitative estimate of drug-likeness (QED) is 0.793. The van der Waals surface area contributed by atoms with E-state index in [0.717, 1.165) is 11.4 Å². The van der Waals surface area contributed by atoms with Gasteiger partial charge in [0.05, 0.1) is 0 Å². The van der Waals surface area contributed by atoms with E-state index in [0.29, 0.717) is 0 Å². The van der Waals surface area contributed by atoms with E-state index in [4.69, 9.17) is 5.11 Å². The van der Waals surface area contributed by atoms with Crippen molar-refractivity contribution >= 4 is 11.7 Å². The fourth-order valence-electron chi connectivity index (χ4n) is 1.33. The molecule has 0 radical (unpaired) electrons. The predicted molar refractivity (Wildman–Crippen MR) is 58.9 cm³/mol. The van der Waals surface area contributed by atoms with Crippen molar-refractivity contribution in [1.29, 1.82) is 0 Å². The Kier molecular flexibility index (Phi) is 3.66. The first-order valence-electron chi connectivity index (χ1n) is 4.92. The molecule has 15 heavy (non-hydrogen) atoms. The second-order valence-corrected chi connectivity index (χ2v) is 3.89. The number of aryl methyl sites for hydroxylation is 1. The standard InChI is InChI=1S/C11H16N2O2/c1-7(2)10(11(14)15)13-9-4-5-12-8(3)6-9/h4-7,10H,1-3H3,(H,12,13)(H,14,15)/t10-/m1/s1. The van der Waals surface area contributed by atoms with Gasteiger partial charge in [0.2, 0.25) is 0 Å². The molecule has 0 fully saturated rings. The van der Waals surface area contributed by atoms with Crippen LogP contribution in [0.3, 0.4) is 0 Å². The molecule has 1 heterocycles. The number of carboxylic acid groups (broad SMARTS) is 1. The van der Waals surface area contributed by atoms with E-state index in [1.165, 1.54) is 0 Å². The van der Waals surface area contributed by atoms with Crippen LogP contribution in [0.25, 0.3) is 0 Å². The first kappa shape index (κ1) is 11.5. The lowest BCUT2D eigenvalue weighted by molar-refractivity contribution is -0.138. The van der Waals surface area contributed by atoms with Crippen LogP contribution in [-0.4, -0.2) is 22.1 Å². The Morgan fingerprint density at radius 2 is 2.20 bits per heavy atom. The molecule has 1 atom stereocenters. The molecule has 0 bridgehead atoms. The number of carboxylic acids is 1. The van der Waals surface area contributed by atoms with Crippen LogP contribution in [0, 0.1) is 12.8 Å². The van der Waals surface area contributed by atoms with Gasteiger partial charge in [-0.05, 0) is 25.0 Å². The molecule has 4 heteroatoms. The Balaban J connectivity index is 2.79. The van der Waals surface area contributed by atoms with Crippen molar-refractivity contribution in [2.24, 2.45) is 5.92 Å². The second kappa shape index (κ2) is 4.77. The zero-order chi connectivity index (χ0) is 11.4. The maximum absolute atomic E-state index is 11.0. The predicted octanol–water partition coefficient (Wildman–Crippen LogP) is 1.91. The van der Waals surface area contributed by atoms with Gasteiger partial charge in [0.15, 0.2) is 0 Å². The monoisotopic (exact) mass is 208 g/mol. The van der Waals surface area contributed by atoms with Crippen LogP contribution >= 0.6 is 0 Å². The fraction of sp³-hybridized carbons (Fsp3) is 0.455. The van der Waals surface area contributed by atoms with Gasteiger partial charge in [-0.2, -0.15) is 0 Å². The van der Waals surface area contributed by atoms with Crippen molar-refractivity contribution < 1.29 is 9.90 Å². The molecule has 0 aliphatic rings. The minimum atomic E-state index is -0.834. The minimum Gasteiger partial charge on any atom is -0.480 e. The van der Waals surface area contributed by atoms with Crippen molar-refractivity contribution in [2.45, 2.75) is 26.8 Å². The van der Waals surface area contributed by atoms with Crippen LogP contribution in [0.4, 0.5) is 5.69 Å². The molecule has 2 N–H and O–H groups in total. The summed E-state index contributed by atoms with van der Waals surface area (Å²) in [7, 11) is 0. The number of nitrogens with one attached hydrogen (secondary N) is 1. The first-order valence-corrected chi connectivity index (χ1v) is 4.92. The molecule has 1 rings (SSSR count). The molecule has 0 unspecified atom stereocenters. The number of hydrogen-bond donors (Lipinski definition) is 2. The summed E-state index contributed by atoms with van der Waals surface area (Å²) in [6.45, 7) is 5.62. The van der Waals surface area contributed by atoms with Gasteiger partial charge in [-0.25, -0.2) is 4.79 Å². The number of pyridine rings is 1. The van der Waals surface area contributed by atoms with Gasteiger partial charge >= 0.3 is 5.97 Å². The van der Waals surface area contributed by atoms with Gasteiger partial charge in [0.25, 0.3) is 0 Å². The molecule has 0 aromatic carbocycles. The summed E-state index contributed by atoms with van der Waals surface area (Å²) >= 11 is 0. The number of nitrogens with zero attached hydrogens (tertiary/aromatic N) is 1. The Hall–Kier alpha value is -1.58.